The van der Waals surface area contributed by atoms with E-state index in [-0.39, 0.29) is 23.4 Å². The molecule has 5 heterocycles. The van der Waals surface area contributed by atoms with Crippen molar-refractivity contribution in [3.63, 3.8) is 0 Å². The first kappa shape index (κ1) is 24.0. The van der Waals surface area contributed by atoms with Gasteiger partial charge in [0, 0.05) is 50.3 Å². The molecule has 0 bridgehead atoms. The van der Waals surface area contributed by atoms with Gasteiger partial charge >= 0.3 is 6.18 Å². The molecule has 8 nitrogen and oxygen atoms in total. The van der Waals surface area contributed by atoms with Gasteiger partial charge in [-0.25, -0.2) is 15.0 Å². The number of hydrogen-bond acceptors (Lipinski definition) is 6. The molecular formula is C24H32F3N7O. The molecule has 3 aliphatic heterocycles. The van der Waals surface area contributed by atoms with Crippen molar-refractivity contribution in [1.82, 2.24) is 24.4 Å². The van der Waals surface area contributed by atoms with Gasteiger partial charge in [-0.2, -0.15) is 13.2 Å². The third-order valence-corrected chi connectivity index (χ3v) is 7.36. The average molecular weight is 492 g/mol. The Labute approximate surface area is 202 Å². The quantitative estimate of drug-likeness (QED) is 0.664. The molecule has 0 unspecified atom stereocenters. The molecular weight excluding hydrogens is 459 g/mol. The van der Waals surface area contributed by atoms with Gasteiger partial charge in [-0.3, -0.25) is 4.79 Å². The van der Waals surface area contributed by atoms with Crippen LogP contribution < -0.4 is 10.2 Å². The Bertz CT molecular complexity index is 1060. The van der Waals surface area contributed by atoms with Crippen LogP contribution in [0.5, 0.6) is 0 Å². The average Bonchev–Trinajstić information content (AvgIpc) is 3.46. The molecule has 2 saturated heterocycles. The molecule has 0 radical (unpaired) electrons. The molecule has 0 spiro atoms. The second-order valence-electron chi connectivity index (χ2n) is 10.00. The van der Waals surface area contributed by atoms with Gasteiger partial charge in [0.15, 0.2) is 0 Å². The van der Waals surface area contributed by atoms with E-state index in [4.69, 9.17) is 0 Å². The lowest BCUT2D eigenvalue weighted by molar-refractivity contribution is -0.127. The van der Waals surface area contributed by atoms with Crippen LogP contribution in [0.3, 0.4) is 0 Å². The Morgan fingerprint density at radius 2 is 1.83 bits per heavy atom. The Morgan fingerprint density at radius 3 is 2.54 bits per heavy atom. The smallest absolute Gasteiger partial charge is 0.356 e. The molecule has 1 amide bonds. The number of carbonyl (C=O) groups is 1. The van der Waals surface area contributed by atoms with Crippen molar-refractivity contribution in [1.29, 1.82) is 0 Å². The molecule has 2 fully saturated rings. The van der Waals surface area contributed by atoms with E-state index < -0.39 is 12.6 Å². The summed E-state index contributed by atoms with van der Waals surface area (Å²) in [6.07, 6.45) is 2.16. The first-order valence-corrected chi connectivity index (χ1v) is 12.5. The van der Waals surface area contributed by atoms with Gasteiger partial charge in [0.05, 0.1) is 12.1 Å². The van der Waals surface area contributed by atoms with E-state index in [1.807, 2.05) is 11.5 Å². The first-order valence-electron chi connectivity index (χ1n) is 12.5. The number of alkyl halides is 3. The number of amides is 1. The van der Waals surface area contributed by atoms with E-state index in [9.17, 15) is 18.0 Å². The predicted molar refractivity (Wildman–Crippen MR) is 126 cm³/mol. The minimum absolute atomic E-state index is 0.0297. The zero-order chi connectivity index (χ0) is 24.6. The summed E-state index contributed by atoms with van der Waals surface area (Å²) in [5.74, 6) is 2.28. The minimum atomic E-state index is -4.27. The fraction of sp³-hybridized carbons (Fsp3) is 0.667. The van der Waals surface area contributed by atoms with Crippen LogP contribution in [0, 0.1) is 0 Å². The number of halogens is 3. The highest BCUT2D eigenvalue weighted by Crippen LogP contribution is 2.38. The minimum Gasteiger partial charge on any atom is -0.356 e. The third-order valence-electron chi connectivity index (χ3n) is 7.36. The molecule has 35 heavy (non-hydrogen) atoms. The molecule has 190 valence electrons. The van der Waals surface area contributed by atoms with E-state index in [2.05, 4.69) is 30.1 Å². The number of piperidine rings is 1. The molecule has 2 aromatic rings. The largest absolute Gasteiger partial charge is 0.394 e. The van der Waals surface area contributed by atoms with Gasteiger partial charge in [0.25, 0.3) is 0 Å². The number of nitrogens with zero attached hydrogens (tertiary/aromatic N) is 6. The SMILES string of the molecule is C[C@@H]1CC(=O)Nc2ncnc(N3CCC(c4nc(CC(F)(F)F)cn4CCN4CCCC4)CC3)c21. The summed E-state index contributed by atoms with van der Waals surface area (Å²) in [4.78, 5) is 29.8. The van der Waals surface area contributed by atoms with Gasteiger partial charge in [0.2, 0.25) is 5.91 Å². The zero-order valence-electron chi connectivity index (χ0n) is 20.0. The number of aromatic nitrogens is 4. The number of fused-ring (bicyclic) bond motifs is 1. The fourth-order valence-electron chi connectivity index (χ4n) is 5.64. The number of carbonyl (C=O) groups excluding carboxylic acids is 1. The summed E-state index contributed by atoms with van der Waals surface area (Å²) in [6.45, 7) is 7.07. The van der Waals surface area contributed by atoms with E-state index in [0.717, 1.165) is 62.8 Å². The molecule has 5 rings (SSSR count). The molecule has 11 heteroatoms. The molecule has 1 atom stereocenters. The maximum atomic E-state index is 13.1. The topological polar surface area (TPSA) is 79.2 Å². The van der Waals surface area contributed by atoms with Gasteiger partial charge in [-0.05, 0) is 44.7 Å². The standard InChI is InChI=1S/C24H32F3N7O/c1-16-12-19(35)31-21-20(16)23(29-15-28-21)33-8-4-17(5-9-33)22-30-18(13-24(25,26)27)14-34(22)11-10-32-6-2-3-7-32/h14-17H,2-13H2,1H3,(H,28,29,31,35)/t16-/m1/s1. The maximum Gasteiger partial charge on any atom is 0.394 e. The fourth-order valence-corrected chi connectivity index (χ4v) is 5.64. The van der Waals surface area contributed by atoms with Crippen LogP contribution in [-0.4, -0.2) is 69.2 Å². The monoisotopic (exact) mass is 491 g/mol. The molecule has 2 aromatic heterocycles. The van der Waals surface area contributed by atoms with Gasteiger partial charge in [-0.15, -0.1) is 0 Å². The summed E-state index contributed by atoms with van der Waals surface area (Å²) >= 11 is 0. The van der Waals surface area contributed by atoms with E-state index in [1.165, 1.54) is 19.2 Å². The number of nitrogens with one attached hydrogen (secondary N) is 1. The lowest BCUT2D eigenvalue weighted by atomic mass is 9.92. The van der Waals surface area contributed by atoms with Crippen molar-refractivity contribution < 1.29 is 18.0 Å². The maximum absolute atomic E-state index is 13.1. The lowest BCUT2D eigenvalue weighted by Crippen LogP contribution is -2.36. The highest BCUT2D eigenvalue weighted by atomic mass is 19.4. The zero-order valence-corrected chi connectivity index (χ0v) is 20.0. The lowest BCUT2D eigenvalue weighted by Gasteiger charge is -2.35. The van der Waals surface area contributed by atoms with Crippen LogP contribution >= 0.6 is 0 Å². The summed E-state index contributed by atoms with van der Waals surface area (Å²) in [5.41, 5.74) is 1.07. The van der Waals surface area contributed by atoms with Crippen molar-refractivity contribution in [2.24, 2.45) is 0 Å². The normalized spacial score (nSPS) is 21.9. The molecule has 0 saturated carbocycles. The highest BCUT2D eigenvalue weighted by Gasteiger charge is 2.33. The molecule has 1 N–H and O–H groups in total. The van der Waals surface area contributed by atoms with Crippen LogP contribution in [0.15, 0.2) is 12.5 Å². The Morgan fingerprint density at radius 1 is 1.09 bits per heavy atom. The first-order chi connectivity index (χ1) is 16.8. The van der Waals surface area contributed by atoms with Crippen molar-refractivity contribution in [2.45, 2.75) is 70.0 Å². The van der Waals surface area contributed by atoms with Gasteiger partial charge in [-0.1, -0.05) is 6.92 Å². The van der Waals surface area contributed by atoms with Crippen LogP contribution in [0.1, 0.15) is 67.9 Å². The van der Waals surface area contributed by atoms with Crippen molar-refractivity contribution in [3.05, 3.63) is 29.6 Å². The summed E-state index contributed by atoms with van der Waals surface area (Å²) in [5, 5.41) is 2.84. The molecule has 0 aromatic carbocycles. The summed E-state index contributed by atoms with van der Waals surface area (Å²) in [7, 11) is 0. The Hall–Kier alpha value is -2.69. The number of hydrogen-bond donors (Lipinski definition) is 1. The van der Waals surface area contributed by atoms with E-state index in [0.29, 0.717) is 18.8 Å². The van der Waals surface area contributed by atoms with Crippen molar-refractivity contribution in [2.75, 3.05) is 42.9 Å². The Kier molecular flexibility index (Phi) is 6.69. The Balaban J connectivity index is 1.31. The third kappa shape index (κ3) is 5.44. The second kappa shape index (κ2) is 9.75. The van der Waals surface area contributed by atoms with E-state index >= 15 is 0 Å². The molecule has 3 aliphatic rings. The van der Waals surface area contributed by atoms with Crippen LogP contribution in [0.4, 0.5) is 24.8 Å². The van der Waals surface area contributed by atoms with E-state index in [1.54, 1.807) is 6.20 Å². The van der Waals surface area contributed by atoms with Crippen molar-refractivity contribution >= 4 is 17.5 Å². The van der Waals surface area contributed by atoms with Crippen LogP contribution in [0.2, 0.25) is 0 Å². The summed E-state index contributed by atoms with van der Waals surface area (Å²) < 4.78 is 41.2. The number of imidazole rings is 1. The number of rotatable bonds is 6. The predicted octanol–water partition coefficient (Wildman–Crippen LogP) is 3.70. The summed E-state index contributed by atoms with van der Waals surface area (Å²) in [6, 6.07) is 0. The van der Waals surface area contributed by atoms with Crippen LogP contribution in [0.25, 0.3) is 0 Å². The number of anilines is 2. The molecule has 0 aliphatic carbocycles. The van der Waals surface area contributed by atoms with Gasteiger partial charge in [0.1, 0.15) is 23.8 Å². The highest BCUT2D eigenvalue weighted by molar-refractivity contribution is 5.94. The van der Waals surface area contributed by atoms with Crippen LogP contribution in [-0.2, 0) is 17.8 Å². The van der Waals surface area contributed by atoms with Gasteiger partial charge < -0.3 is 19.7 Å². The van der Waals surface area contributed by atoms with Crippen molar-refractivity contribution in [3.8, 4) is 0 Å². The second-order valence-corrected chi connectivity index (χ2v) is 10.00. The number of likely N-dealkylation sites (tertiary alicyclic amines) is 1.